The summed E-state index contributed by atoms with van der Waals surface area (Å²) in [4.78, 5) is 25.8. The second-order valence-electron chi connectivity index (χ2n) is 6.38. The predicted molar refractivity (Wildman–Crippen MR) is 96.1 cm³/mol. The van der Waals surface area contributed by atoms with Gasteiger partial charge in [-0.3, -0.25) is 4.79 Å². The topological polar surface area (TPSA) is 46.6 Å². The first-order valence-electron chi connectivity index (χ1n) is 8.80. The van der Waals surface area contributed by atoms with Crippen molar-refractivity contribution in [3.8, 4) is 0 Å². The van der Waals surface area contributed by atoms with Crippen molar-refractivity contribution in [1.82, 2.24) is 4.90 Å². The first-order chi connectivity index (χ1) is 12.2. The fraction of sp³-hybridized carbons (Fsp3) is 0.333. The Morgan fingerprint density at radius 3 is 2.28 bits per heavy atom. The van der Waals surface area contributed by atoms with E-state index in [1.54, 1.807) is 0 Å². The van der Waals surface area contributed by atoms with Crippen LogP contribution in [0.4, 0.5) is 4.79 Å². The van der Waals surface area contributed by atoms with Crippen LogP contribution in [0.2, 0.25) is 0 Å². The van der Waals surface area contributed by atoms with Gasteiger partial charge in [-0.05, 0) is 36.8 Å². The van der Waals surface area contributed by atoms with Crippen molar-refractivity contribution in [3.63, 3.8) is 0 Å². The molecule has 130 valence electrons. The van der Waals surface area contributed by atoms with E-state index in [4.69, 9.17) is 4.74 Å². The van der Waals surface area contributed by atoms with Crippen LogP contribution in [-0.2, 0) is 22.4 Å². The Kier molecular flexibility index (Phi) is 5.83. The number of rotatable bonds is 7. The molecular weight excluding hydrogens is 314 g/mol. The Hall–Kier alpha value is -2.62. The molecule has 0 spiro atoms. The van der Waals surface area contributed by atoms with Crippen molar-refractivity contribution >= 4 is 12.0 Å². The van der Waals surface area contributed by atoms with Gasteiger partial charge in [0.05, 0.1) is 6.04 Å². The third-order valence-electron chi connectivity index (χ3n) is 4.49. The second kappa shape index (κ2) is 8.47. The standard InChI is InChI=1S/C21H23NO3/c23-20(14-8-7-11-17-9-3-1-4-10-17)22-19(16-25-21(22)24)15-18-12-5-2-6-13-18/h1-6,9-10,12-13,19H,7-8,11,14-16H2/t19-/m1/s1. The Morgan fingerprint density at radius 1 is 0.960 bits per heavy atom. The van der Waals surface area contributed by atoms with Crippen molar-refractivity contribution in [2.45, 2.75) is 38.1 Å². The first-order valence-corrected chi connectivity index (χ1v) is 8.80. The Bertz CT molecular complexity index is 700. The summed E-state index contributed by atoms with van der Waals surface area (Å²) in [6.45, 7) is 0.281. The molecular formula is C21H23NO3. The second-order valence-corrected chi connectivity index (χ2v) is 6.38. The summed E-state index contributed by atoms with van der Waals surface area (Å²) in [7, 11) is 0. The molecule has 4 nitrogen and oxygen atoms in total. The number of amides is 2. The molecule has 2 amide bonds. The summed E-state index contributed by atoms with van der Waals surface area (Å²) < 4.78 is 5.11. The van der Waals surface area contributed by atoms with E-state index in [-0.39, 0.29) is 18.6 Å². The van der Waals surface area contributed by atoms with Crippen LogP contribution in [0.1, 0.15) is 30.4 Å². The van der Waals surface area contributed by atoms with Crippen molar-refractivity contribution in [2.24, 2.45) is 0 Å². The number of hydrogen-bond acceptors (Lipinski definition) is 3. The van der Waals surface area contributed by atoms with E-state index in [1.165, 1.54) is 10.5 Å². The van der Waals surface area contributed by atoms with Gasteiger partial charge in [-0.2, -0.15) is 0 Å². The molecule has 1 heterocycles. The minimum Gasteiger partial charge on any atom is -0.447 e. The van der Waals surface area contributed by atoms with Gasteiger partial charge in [-0.15, -0.1) is 0 Å². The maximum Gasteiger partial charge on any atom is 0.416 e. The number of ether oxygens (including phenoxy) is 1. The first kappa shape index (κ1) is 17.2. The van der Waals surface area contributed by atoms with Gasteiger partial charge in [0.15, 0.2) is 0 Å². The van der Waals surface area contributed by atoms with Crippen LogP contribution in [0, 0.1) is 0 Å². The number of nitrogens with zero attached hydrogens (tertiary/aromatic N) is 1. The minimum atomic E-state index is -0.506. The van der Waals surface area contributed by atoms with Gasteiger partial charge in [-0.1, -0.05) is 60.7 Å². The smallest absolute Gasteiger partial charge is 0.416 e. The van der Waals surface area contributed by atoms with Crippen molar-refractivity contribution in [2.75, 3.05) is 6.61 Å². The largest absolute Gasteiger partial charge is 0.447 e. The predicted octanol–water partition coefficient (Wildman–Crippen LogP) is 3.99. The van der Waals surface area contributed by atoms with Crippen LogP contribution in [0.5, 0.6) is 0 Å². The van der Waals surface area contributed by atoms with Gasteiger partial charge >= 0.3 is 6.09 Å². The molecule has 3 rings (SSSR count). The van der Waals surface area contributed by atoms with Gasteiger partial charge in [0, 0.05) is 6.42 Å². The highest BCUT2D eigenvalue weighted by atomic mass is 16.6. The molecule has 0 bridgehead atoms. The molecule has 0 aliphatic carbocycles. The molecule has 25 heavy (non-hydrogen) atoms. The highest BCUT2D eigenvalue weighted by Crippen LogP contribution is 2.19. The van der Waals surface area contributed by atoms with E-state index >= 15 is 0 Å². The number of cyclic esters (lactones) is 1. The molecule has 4 heteroatoms. The number of imide groups is 1. The average Bonchev–Trinajstić information content (AvgIpc) is 3.00. The number of aryl methyl sites for hydroxylation is 1. The van der Waals surface area contributed by atoms with Crippen LogP contribution < -0.4 is 0 Å². The van der Waals surface area contributed by atoms with Crippen molar-refractivity contribution in [3.05, 3.63) is 71.8 Å². The molecule has 2 aromatic carbocycles. The molecule has 0 unspecified atom stereocenters. The van der Waals surface area contributed by atoms with Gasteiger partial charge in [0.25, 0.3) is 0 Å². The molecule has 0 saturated carbocycles. The van der Waals surface area contributed by atoms with Gasteiger partial charge in [-0.25, -0.2) is 9.69 Å². The van der Waals surface area contributed by atoms with E-state index in [0.29, 0.717) is 12.8 Å². The molecule has 1 saturated heterocycles. The van der Waals surface area contributed by atoms with E-state index in [2.05, 4.69) is 12.1 Å². The zero-order valence-electron chi connectivity index (χ0n) is 14.3. The number of unbranched alkanes of at least 4 members (excludes halogenated alkanes) is 1. The summed E-state index contributed by atoms with van der Waals surface area (Å²) in [5.41, 5.74) is 2.38. The highest BCUT2D eigenvalue weighted by Gasteiger charge is 2.37. The lowest BCUT2D eigenvalue weighted by molar-refractivity contribution is -0.129. The lowest BCUT2D eigenvalue weighted by Gasteiger charge is -2.19. The summed E-state index contributed by atoms with van der Waals surface area (Å²) in [5, 5.41) is 0. The van der Waals surface area contributed by atoms with E-state index in [1.807, 2.05) is 48.5 Å². The van der Waals surface area contributed by atoms with Crippen LogP contribution >= 0.6 is 0 Å². The molecule has 2 aromatic rings. The average molecular weight is 337 g/mol. The van der Waals surface area contributed by atoms with Gasteiger partial charge < -0.3 is 4.74 Å². The minimum absolute atomic E-state index is 0.128. The molecule has 0 N–H and O–H groups in total. The lowest BCUT2D eigenvalue weighted by Crippen LogP contribution is -2.40. The number of benzene rings is 2. The zero-order valence-corrected chi connectivity index (χ0v) is 14.3. The number of hydrogen-bond donors (Lipinski definition) is 0. The van der Waals surface area contributed by atoms with E-state index < -0.39 is 6.09 Å². The summed E-state index contributed by atoms with van der Waals surface area (Å²) >= 11 is 0. The van der Waals surface area contributed by atoms with E-state index in [9.17, 15) is 9.59 Å². The molecule has 1 aliphatic heterocycles. The van der Waals surface area contributed by atoms with Crippen LogP contribution in [-0.4, -0.2) is 29.5 Å². The monoisotopic (exact) mass is 337 g/mol. The van der Waals surface area contributed by atoms with Crippen LogP contribution in [0.15, 0.2) is 60.7 Å². The lowest BCUT2D eigenvalue weighted by atomic mass is 10.0. The van der Waals surface area contributed by atoms with Gasteiger partial charge in [0.2, 0.25) is 5.91 Å². The molecule has 1 aliphatic rings. The zero-order chi connectivity index (χ0) is 17.5. The summed E-state index contributed by atoms with van der Waals surface area (Å²) in [5.74, 6) is -0.128. The van der Waals surface area contributed by atoms with Crippen molar-refractivity contribution < 1.29 is 14.3 Å². The Balaban J connectivity index is 1.49. The normalized spacial score (nSPS) is 16.7. The molecule has 1 atom stereocenters. The highest BCUT2D eigenvalue weighted by molar-refractivity contribution is 5.93. The Morgan fingerprint density at radius 2 is 1.60 bits per heavy atom. The number of carbonyl (C=O) groups excluding carboxylic acids is 2. The van der Waals surface area contributed by atoms with Crippen LogP contribution in [0.3, 0.4) is 0 Å². The molecule has 0 radical (unpaired) electrons. The summed E-state index contributed by atoms with van der Waals surface area (Å²) in [6, 6.07) is 19.9. The van der Waals surface area contributed by atoms with Crippen molar-refractivity contribution in [1.29, 1.82) is 0 Å². The van der Waals surface area contributed by atoms with E-state index in [0.717, 1.165) is 24.8 Å². The fourth-order valence-corrected chi connectivity index (χ4v) is 3.17. The fourth-order valence-electron chi connectivity index (χ4n) is 3.17. The maximum absolute atomic E-state index is 12.5. The Labute approximate surface area is 148 Å². The molecule has 1 fully saturated rings. The number of carbonyl (C=O) groups is 2. The summed E-state index contributed by atoms with van der Waals surface area (Å²) in [6.07, 6.45) is 3.17. The van der Waals surface area contributed by atoms with Crippen LogP contribution in [0.25, 0.3) is 0 Å². The third-order valence-corrected chi connectivity index (χ3v) is 4.49. The van der Waals surface area contributed by atoms with Gasteiger partial charge in [0.1, 0.15) is 6.61 Å². The maximum atomic E-state index is 12.5. The quantitative estimate of drug-likeness (QED) is 0.718. The SMILES string of the molecule is O=C(CCCCc1ccccc1)N1C(=O)OC[C@H]1Cc1ccccc1. The third kappa shape index (κ3) is 4.69. The molecule has 0 aromatic heterocycles.